The largest absolute Gasteiger partial charge is 0.495 e. The Morgan fingerprint density at radius 2 is 1.83 bits per heavy atom. The maximum Gasteiger partial charge on any atom is 0.264 e. The van der Waals surface area contributed by atoms with Crippen molar-refractivity contribution in [3.63, 3.8) is 0 Å². The van der Waals surface area contributed by atoms with Crippen molar-refractivity contribution in [2.75, 3.05) is 18.0 Å². The first-order valence-electron chi connectivity index (χ1n) is 10.4. The summed E-state index contributed by atoms with van der Waals surface area (Å²) >= 11 is 0. The smallest absolute Gasteiger partial charge is 0.264 e. The second-order valence-electron chi connectivity index (χ2n) is 8.35. The molecule has 0 spiro atoms. The third-order valence-electron chi connectivity index (χ3n) is 6.33. The molecule has 6 nitrogen and oxygen atoms in total. The highest BCUT2D eigenvalue weighted by atomic mass is 32.2. The van der Waals surface area contributed by atoms with Crippen LogP contribution in [-0.4, -0.2) is 34.0 Å². The lowest BCUT2D eigenvalue weighted by Gasteiger charge is -2.28. The number of fused-ring (bicyclic) bond motifs is 2. The monoisotopic (exact) mass is 428 g/mol. The van der Waals surface area contributed by atoms with Crippen LogP contribution in [0.3, 0.4) is 0 Å². The van der Waals surface area contributed by atoms with Crippen LogP contribution in [0.2, 0.25) is 0 Å². The van der Waals surface area contributed by atoms with Crippen LogP contribution < -0.4 is 14.4 Å². The van der Waals surface area contributed by atoms with Gasteiger partial charge in [-0.25, -0.2) is 8.42 Å². The third kappa shape index (κ3) is 4.03. The zero-order valence-corrected chi connectivity index (χ0v) is 18.2. The number of nitrogens with one attached hydrogen (secondary N) is 1. The van der Waals surface area contributed by atoms with Gasteiger partial charge in [0.1, 0.15) is 12.3 Å². The first-order valence-corrected chi connectivity index (χ1v) is 11.8. The molecule has 2 aliphatic carbocycles. The first kappa shape index (κ1) is 20.7. The molecule has 30 heavy (non-hydrogen) atoms. The van der Waals surface area contributed by atoms with E-state index in [1.54, 1.807) is 48.5 Å². The van der Waals surface area contributed by atoms with Crippen molar-refractivity contribution in [2.45, 2.75) is 43.5 Å². The molecule has 3 atom stereocenters. The summed E-state index contributed by atoms with van der Waals surface area (Å²) in [5.74, 6) is 1.34. The van der Waals surface area contributed by atoms with Crippen LogP contribution in [0.15, 0.2) is 53.4 Å². The molecule has 0 radical (unpaired) electrons. The molecule has 2 aromatic rings. The standard InChI is InChI=1S/C23H28N2O4S/c1-16-7-11-19(12-8-16)30(27,28)25(21-5-3-4-6-22(21)29-2)15-23(26)24-20-14-17-9-10-18(20)13-17/h3-8,11-12,17-18,20H,9-10,13-15H2,1-2H3,(H,24,26)/t17-,18-,20+/m0/s1. The molecule has 2 fully saturated rings. The van der Waals surface area contributed by atoms with Gasteiger partial charge >= 0.3 is 0 Å². The summed E-state index contributed by atoms with van der Waals surface area (Å²) in [6, 6.07) is 13.7. The first-order chi connectivity index (χ1) is 14.4. The fourth-order valence-corrected chi connectivity index (χ4v) is 6.21. The van der Waals surface area contributed by atoms with Crippen molar-refractivity contribution in [3.8, 4) is 5.75 Å². The van der Waals surface area contributed by atoms with Crippen molar-refractivity contribution in [3.05, 3.63) is 54.1 Å². The molecule has 0 aromatic heterocycles. The highest BCUT2D eigenvalue weighted by Gasteiger charge is 2.40. The van der Waals surface area contributed by atoms with Crippen molar-refractivity contribution in [1.82, 2.24) is 5.32 Å². The summed E-state index contributed by atoms with van der Waals surface area (Å²) in [7, 11) is -2.46. The molecule has 2 aromatic carbocycles. The maximum absolute atomic E-state index is 13.5. The van der Waals surface area contributed by atoms with E-state index in [9.17, 15) is 13.2 Å². The second-order valence-corrected chi connectivity index (χ2v) is 10.2. The van der Waals surface area contributed by atoms with Gasteiger partial charge in [0.15, 0.2) is 0 Å². The van der Waals surface area contributed by atoms with E-state index in [1.807, 2.05) is 6.92 Å². The SMILES string of the molecule is COc1ccccc1N(CC(=O)N[C@@H]1C[C@H]2CC[C@H]1C2)S(=O)(=O)c1ccc(C)cc1. The Balaban J connectivity index is 1.63. The minimum atomic E-state index is -3.95. The van der Waals surface area contributed by atoms with Crippen LogP contribution in [0.5, 0.6) is 5.75 Å². The maximum atomic E-state index is 13.5. The topological polar surface area (TPSA) is 75.7 Å². The predicted octanol–water partition coefficient (Wildman–Crippen LogP) is 3.50. The Labute approximate surface area is 178 Å². The number of anilines is 1. The van der Waals surface area contributed by atoms with Crippen molar-refractivity contribution in [1.29, 1.82) is 0 Å². The van der Waals surface area contributed by atoms with Gasteiger partial charge in [-0.05, 0) is 62.3 Å². The highest BCUT2D eigenvalue weighted by molar-refractivity contribution is 7.92. The Morgan fingerprint density at radius 1 is 1.10 bits per heavy atom. The number of amides is 1. The number of hydrogen-bond acceptors (Lipinski definition) is 4. The zero-order valence-electron chi connectivity index (χ0n) is 17.4. The second kappa shape index (κ2) is 8.30. The van der Waals surface area contributed by atoms with E-state index in [1.165, 1.54) is 20.0 Å². The predicted molar refractivity (Wildman–Crippen MR) is 116 cm³/mol. The number of para-hydroxylation sites is 2. The Bertz CT molecular complexity index is 1020. The third-order valence-corrected chi connectivity index (χ3v) is 8.11. The number of rotatable bonds is 7. The van der Waals surface area contributed by atoms with Crippen LogP contribution in [0, 0.1) is 18.8 Å². The van der Waals surface area contributed by atoms with Gasteiger partial charge in [0.2, 0.25) is 5.91 Å². The van der Waals surface area contributed by atoms with Gasteiger partial charge in [-0.2, -0.15) is 0 Å². The minimum Gasteiger partial charge on any atom is -0.495 e. The molecular formula is C23H28N2O4S. The van der Waals surface area contributed by atoms with E-state index in [2.05, 4.69) is 5.32 Å². The normalized spacial score (nSPS) is 22.7. The van der Waals surface area contributed by atoms with Gasteiger partial charge in [-0.3, -0.25) is 9.10 Å². The number of hydrogen-bond donors (Lipinski definition) is 1. The van der Waals surface area contributed by atoms with Crippen molar-refractivity contribution >= 4 is 21.6 Å². The van der Waals surface area contributed by atoms with E-state index >= 15 is 0 Å². The number of ether oxygens (including phenoxy) is 1. The summed E-state index contributed by atoms with van der Waals surface area (Å²) in [6.45, 7) is 1.61. The summed E-state index contributed by atoms with van der Waals surface area (Å²) in [5.41, 5.74) is 1.32. The average Bonchev–Trinajstić information content (AvgIpc) is 3.35. The molecule has 1 N–H and O–H groups in total. The fraction of sp³-hybridized carbons (Fsp3) is 0.435. The molecule has 0 saturated heterocycles. The summed E-state index contributed by atoms with van der Waals surface area (Å²) in [4.78, 5) is 13.1. The Hall–Kier alpha value is -2.54. The zero-order chi connectivity index (χ0) is 21.3. The lowest BCUT2D eigenvalue weighted by molar-refractivity contribution is -0.120. The van der Waals surface area contributed by atoms with Crippen LogP contribution in [0.1, 0.15) is 31.2 Å². The Kier molecular flexibility index (Phi) is 5.73. The number of aryl methyl sites for hydroxylation is 1. The lowest BCUT2D eigenvalue weighted by atomic mass is 9.95. The fourth-order valence-electron chi connectivity index (χ4n) is 4.78. The molecule has 160 valence electrons. The summed E-state index contributed by atoms with van der Waals surface area (Å²) in [5, 5.41) is 3.09. The van der Waals surface area contributed by atoms with Gasteiger partial charge in [0.25, 0.3) is 10.0 Å². The lowest BCUT2D eigenvalue weighted by Crippen LogP contribution is -2.46. The van der Waals surface area contributed by atoms with E-state index < -0.39 is 10.0 Å². The van der Waals surface area contributed by atoms with Crippen LogP contribution in [0.25, 0.3) is 0 Å². The van der Waals surface area contributed by atoms with E-state index in [0.717, 1.165) is 22.7 Å². The van der Waals surface area contributed by atoms with Crippen LogP contribution in [-0.2, 0) is 14.8 Å². The van der Waals surface area contributed by atoms with Gasteiger partial charge < -0.3 is 10.1 Å². The molecule has 1 amide bonds. The number of nitrogens with zero attached hydrogens (tertiary/aromatic N) is 1. The van der Waals surface area contributed by atoms with Crippen LogP contribution in [0.4, 0.5) is 5.69 Å². The minimum absolute atomic E-state index is 0.145. The number of carbonyl (C=O) groups is 1. The highest BCUT2D eigenvalue weighted by Crippen LogP contribution is 2.44. The number of carbonyl (C=O) groups excluding carboxylic acids is 1. The van der Waals surface area contributed by atoms with E-state index in [4.69, 9.17) is 4.74 Å². The molecule has 7 heteroatoms. The van der Waals surface area contributed by atoms with Gasteiger partial charge in [0.05, 0.1) is 17.7 Å². The molecule has 0 heterocycles. The van der Waals surface area contributed by atoms with Crippen molar-refractivity contribution in [2.24, 2.45) is 11.8 Å². The van der Waals surface area contributed by atoms with Crippen LogP contribution >= 0.6 is 0 Å². The number of benzene rings is 2. The van der Waals surface area contributed by atoms with Crippen molar-refractivity contribution < 1.29 is 17.9 Å². The van der Waals surface area contributed by atoms with E-state index in [-0.39, 0.29) is 23.4 Å². The Morgan fingerprint density at radius 3 is 2.47 bits per heavy atom. The summed E-state index contributed by atoms with van der Waals surface area (Å²) in [6.07, 6.45) is 4.55. The van der Waals surface area contributed by atoms with Gasteiger partial charge in [0, 0.05) is 6.04 Å². The molecule has 4 rings (SSSR count). The molecular weight excluding hydrogens is 400 g/mol. The van der Waals surface area contributed by atoms with Gasteiger partial charge in [-0.1, -0.05) is 36.2 Å². The van der Waals surface area contributed by atoms with Gasteiger partial charge in [-0.15, -0.1) is 0 Å². The average molecular weight is 429 g/mol. The number of methoxy groups -OCH3 is 1. The van der Waals surface area contributed by atoms with E-state index in [0.29, 0.717) is 23.3 Å². The molecule has 2 aliphatic rings. The number of sulfonamides is 1. The molecule has 0 unspecified atom stereocenters. The summed E-state index contributed by atoms with van der Waals surface area (Å²) < 4.78 is 33.6. The quantitative estimate of drug-likeness (QED) is 0.732. The molecule has 2 bridgehead atoms. The molecule has 2 saturated carbocycles. The molecule has 0 aliphatic heterocycles.